The van der Waals surface area contributed by atoms with E-state index >= 15 is 0 Å². The number of benzene rings is 2. The third-order valence-corrected chi connectivity index (χ3v) is 5.24. The molecular weight excluding hydrogens is 336 g/mol. The molecule has 128 valence electrons. The van der Waals surface area contributed by atoms with Crippen molar-refractivity contribution in [1.82, 2.24) is 10.3 Å². The van der Waals surface area contributed by atoms with Crippen LogP contribution in [0.5, 0.6) is 5.75 Å². The number of carbonyl (C=O) groups is 1. The minimum Gasteiger partial charge on any atom is -0.497 e. The predicted molar refractivity (Wildman–Crippen MR) is 99.5 cm³/mol. The average molecular weight is 355 g/mol. The lowest BCUT2D eigenvalue weighted by molar-refractivity contribution is 0.0949. The molecule has 1 fully saturated rings. The molecule has 0 atom stereocenters. The maximum absolute atomic E-state index is 12.4. The van der Waals surface area contributed by atoms with Crippen LogP contribution >= 0.6 is 11.6 Å². The smallest absolute Gasteiger partial charge is 0.251 e. The molecule has 0 aliphatic heterocycles. The highest BCUT2D eigenvalue weighted by molar-refractivity contribution is 6.31. The summed E-state index contributed by atoms with van der Waals surface area (Å²) in [4.78, 5) is 15.7. The Labute approximate surface area is 151 Å². The van der Waals surface area contributed by atoms with E-state index in [1.165, 1.54) is 5.56 Å². The van der Waals surface area contributed by atoms with Crippen LogP contribution < -0.4 is 10.1 Å². The number of carbonyl (C=O) groups excluding carboxylic acids is 1. The zero-order valence-corrected chi connectivity index (χ0v) is 14.7. The van der Waals surface area contributed by atoms with E-state index in [4.69, 9.17) is 16.3 Å². The number of H-pyrrole nitrogens is 1. The molecule has 1 aliphatic carbocycles. The van der Waals surface area contributed by atoms with Crippen molar-refractivity contribution in [2.75, 3.05) is 13.7 Å². The van der Waals surface area contributed by atoms with Crippen molar-refractivity contribution in [3.63, 3.8) is 0 Å². The molecule has 1 aromatic heterocycles. The Balaban J connectivity index is 1.51. The predicted octanol–water partition coefficient (Wildman–Crippen LogP) is 4.29. The molecule has 4 rings (SSSR count). The van der Waals surface area contributed by atoms with Crippen molar-refractivity contribution in [3.05, 3.63) is 64.8 Å². The number of aromatic nitrogens is 1. The van der Waals surface area contributed by atoms with Crippen LogP contribution in [0.3, 0.4) is 0 Å². The number of methoxy groups -OCH3 is 1. The quantitative estimate of drug-likeness (QED) is 0.718. The summed E-state index contributed by atoms with van der Waals surface area (Å²) in [6, 6.07) is 13.0. The van der Waals surface area contributed by atoms with Crippen molar-refractivity contribution < 1.29 is 9.53 Å². The van der Waals surface area contributed by atoms with Crippen LogP contribution in [0.1, 0.15) is 28.8 Å². The maximum atomic E-state index is 12.4. The number of aromatic amines is 1. The van der Waals surface area contributed by atoms with E-state index in [2.05, 4.69) is 10.3 Å². The molecule has 0 bridgehead atoms. The number of amides is 1. The SMILES string of the molecule is COc1ccc(C(=O)NCC2(c3c[nH]c4ccc(Cl)cc34)CC2)cc1. The molecular formula is C20H19ClN2O2. The minimum atomic E-state index is -0.0631. The number of hydrogen-bond donors (Lipinski definition) is 2. The van der Waals surface area contributed by atoms with Crippen LogP contribution in [-0.2, 0) is 5.41 Å². The first-order valence-electron chi connectivity index (χ1n) is 8.31. The van der Waals surface area contributed by atoms with Gasteiger partial charge in [0.2, 0.25) is 0 Å². The molecule has 3 aromatic rings. The highest BCUT2D eigenvalue weighted by Gasteiger charge is 2.45. The topological polar surface area (TPSA) is 54.1 Å². The van der Waals surface area contributed by atoms with E-state index in [1.54, 1.807) is 31.4 Å². The van der Waals surface area contributed by atoms with Gasteiger partial charge in [-0.25, -0.2) is 0 Å². The fraction of sp³-hybridized carbons (Fsp3) is 0.250. The van der Waals surface area contributed by atoms with Crippen LogP contribution in [0, 0.1) is 0 Å². The van der Waals surface area contributed by atoms with Crippen molar-refractivity contribution >= 4 is 28.4 Å². The Kier molecular flexibility index (Phi) is 3.92. The summed E-state index contributed by atoms with van der Waals surface area (Å²) in [6.45, 7) is 0.622. The summed E-state index contributed by atoms with van der Waals surface area (Å²) in [7, 11) is 1.61. The molecule has 0 unspecified atom stereocenters. The summed E-state index contributed by atoms with van der Waals surface area (Å²) < 4.78 is 5.13. The first kappa shape index (κ1) is 16.0. The number of ether oxygens (including phenoxy) is 1. The summed E-state index contributed by atoms with van der Waals surface area (Å²) >= 11 is 6.16. The zero-order chi connectivity index (χ0) is 17.4. The van der Waals surface area contributed by atoms with Crippen LogP contribution in [0.15, 0.2) is 48.7 Å². The molecule has 1 heterocycles. The highest BCUT2D eigenvalue weighted by Crippen LogP contribution is 2.50. The Hall–Kier alpha value is -2.46. The largest absolute Gasteiger partial charge is 0.497 e. The second kappa shape index (κ2) is 6.12. The van der Waals surface area contributed by atoms with Gasteiger partial charge in [-0.3, -0.25) is 4.79 Å². The molecule has 0 spiro atoms. The zero-order valence-electron chi connectivity index (χ0n) is 13.9. The molecule has 2 aromatic carbocycles. The van der Waals surface area contributed by atoms with E-state index in [-0.39, 0.29) is 11.3 Å². The molecule has 0 saturated heterocycles. The van der Waals surface area contributed by atoms with Gasteiger partial charge in [0.15, 0.2) is 0 Å². The van der Waals surface area contributed by atoms with Crippen LogP contribution in [0.25, 0.3) is 10.9 Å². The maximum Gasteiger partial charge on any atom is 0.251 e. The molecule has 0 radical (unpaired) electrons. The lowest BCUT2D eigenvalue weighted by Crippen LogP contribution is -2.32. The van der Waals surface area contributed by atoms with E-state index in [9.17, 15) is 4.79 Å². The van der Waals surface area contributed by atoms with E-state index in [0.29, 0.717) is 12.1 Å². The fourth-order valence-corrected chi connectivity index (χ4v) is 3.49. The standard InChI is InChI=1S/C20H19ClN2O2/c1-25-15-5-2-13(3-6-15)19(24)23-12-20(8-9-20)17-11-22-18-7-4-14(21)10-16(17)18/h2-7,10-11,22H,8-9,12H2,1H3,(H,23,24). The molecule has 4 nitrogen and oxygen atoms in total. The number of fused-ring (bicyclic) bond motifs is 1. The van der Waals surface area contributed by atoms with E-state index < -0.39 is 0 Å². The average Bonchev–Trinajstić information content (AvgIpc) is 3.31. The first-order chi connectivity index (χ1) is 12.1. The van der Waals surface area contributed by atoms with Gasteiger partial charge in [0, 0.05) is 39.6 Å². The van der Waals surface area contributed by atoms with Gasteiger partial charge in [0.1, 0.15) is 5.75 Å². The van der Waals surface area contributed by atoms with Crippen molar-refractivity contribution in [3.8, 4) is 5.75 Å². The Morgan fingerprint density at radius 1 is 1.24 bits per heavy atom. The van der Waals surface area contributed by atoms with Gasteiger partial charge in [-0.05, 0) is 60.9 Å². The number of hydrogen-bond acceptors (Lipinski definition) is 2. The van der Waals surface area contributed by atoms with Crippen LogP contribution in [-0.4, -0.2) is 24.5 Å². The summed E-state index contributed by atoms with van der Waals surface area (Å²) in [6.07, 6.45) is 4.18. The molecule has 25 heavy (non-hydrogen) atoms. The third-order valence-electron chi connectivity index (χ3n) is 5.01. The van der Waals surface area contributed by atoms with Gasteiger partial charge in [-0.2, -0.15) is 0 Å². The van der Waals surface area contributed by atoms with E-state index in [1.807, 2.05) is 24.4 Å². The van der Waals surface area contributed by atoms with Gasteiger partial charge in [-0.15, -0.1) is 0 Å². The lowest BCUT2D eigenvalue weighted by Gasteiger charge is -2.16. The Morgan fingerprint density at radius 3 is 2.68 bits per heavy atom. The van der Waals surface area contributed by atoms with Gasteiger partial charge < -0.3 is 15.0 Å². The Morgan fingerprint density at radius 2 is 2.00 bits per heavy atom. The summed E-state index contributed by atoms with van der Waals surface area (Å²) in [5.74, 6) is 0.678. The van der Waals surface area contributed by atoms with Gasteiger partial charge >= 0.3 is 0 Å². The number of nitrogens with one attached hydrogen (secondary N) is 2. The van der Waals surface area contributed by atoms with Gasteiger partial charge in [0.05, 0.1) is 7.11 Å². The number of halogens is 1. The van der Waals surface area contributed by atoms with Crippen LogP contribution in [0.4, 0.5) is 0 Å². The Bertz CT molecular complexity index is 927. The molecule has 5 heteroatoms. The molecule has 2 N–H and O–H groups in total. The monoisotopic (exact) mass is 354 g/mol. The minimum absolute atomic E-state index is 0.00502. The molecule has 1 amide bonds. The van der Waals surface area contributed by atoms with Gasteiger partial charge in [0.25, 0.3) is 5.91 Å². The van der Waals surface area contributed by atoms with Crippen molar-refractivity contribution in [2.45, 2.75) is 18.3 Å². The molecule has 1 saturated carbocycles. The third kappa shape index (κ3) is 2.98. The highest BCUT2D eigenvalue weighted by atomic mass is 35.5. The second-order valence-electron chi connectivity index (χ2n) is 6.58. The van der Waals surface area contributed by atoms with Crippen molar-refractivity contribution in [1.29, 1.82) is 0 Å². The normalized spacial score (nSPS) is 15.1. The lowest BCUT2D eigenvalue weighted by atomic mass is 9.95. The molecule has 1 aliphatic rings. The van der Waals surface area contributed by atoms with Crippen molar-refractivity contribution in [2.24, 2.45) is 0 Å². The van der Waals surface area contributed by atoms with E-state index in [0.717, 1.165) is 34.5 Å². The summed E-state index contributed by atoms with van der Waals surface area (Å²) in [5.41, 5.74) is 2.95. The summed E-state index contributed by atoms with van der Waals surface area (Å²) in [5, 5.41) is 4.95. The first-order valence-corrected chi connectivity index (χ1v) is 8.68. The second-order valence-corrected chi connectivity index (χ2v) is 7.02. The number of rotatable bonds is 5. The fourth-order valence-electron chi connectivity index (χ4n) is 3.32. The van der Waals surface area contributed by atoms with Crippen LogP contribution in [0.2, 0.25) is 5.02 Å². The van der Waals surface area contributed by atoms with Gasteiger partial charge in [-0.1, -0.05) is 11.6 Å².